The summed E-state index contributed by atoms with van der Waals surface area (Å²) in [7, 11) is 3.72. The van der Waals surface area contributed by atoms with Crippen molar-refractivity contribution in [2.45, 2.75) is 31.2 Å². The topological polar surface area (TPSA) is 21.3 Å². The molecule has 0 heterocycles. The molecule has 1 saturated carbocycles. The van der Waals surface area contributed by atoms with Gasteiger partial charge in [-0.15, -0.1) is 0 Å². The third-order valence-electron chi connectivity index (χ3n) is 4.58. The lowest BCUT2D eigenvalue weighted by atomic mass is 9.79. The maximum Gasteiger partial charge on any atom is 0.123 e. The summed E-state index contributed by atoms with van der Waals surface area (Å²) < 4.78 is 5.50. The fraction of sp³-hybridized carbons (Fsp3) is 0.368. The molecular weight excluding hydrogens is 258 g/mol. The van der Waals surface area contributed by atoms with Gasteiger partial charge in [0.25, 0.3) is 0 Å². The van der Waals surface area contributed by atoms with Gasteiger partial charge in [-0.2, -0.15) is 0 Å². The first kappa shape index (κ1) is 14.2. The highest BCUT2D eigenvalue weighted by Gasteiger charge is 2.20. The molecule has 1 N–H and O–H groups in total. The van der Waals surface area contributed by atoms with Gasteiger partial charge in [-0.3, -0.25) is 0 Å². The molecule has 0 aromatic heterocycles. The number of nitrogens with one attached hydrogen (secondary N) is 1. The van der Waals surface area contributed by atoms with E-state index >= 15 is 0 Å². The van der Waals surface area contributed by atoms with Crippen LogP contribution in [0.2, 0.25) is 0 Å². The molecule has 2 nitrogen and oxygen atoms in total. The second-order valence-corrected chi connectivity index (χ2v) is 5.76. The smallest absolute Gasteiger partial charge is 0.123 e. The summed E-state index contributed by atoms with van der Waals surface area (Å²) in [6.07, 6.45) is 4.08. The third-order valence-corrected chi connectivity index (χ3v) is 4.58. The Kier molecular flexibility index (Phi) is 4.26. The molecule has 0 bridgehead atoms. The van der Waals surface area contributed by atoms with Crippen LogP contribution in [0.3, 0.4) is 0 Å². The van der Waals surface area contributed by atoms with E-state index in [1.807, 2.05) is 19.2 Å². The molecule has 1 aliphatic rings. The van der Waals surface area contributed by atoms with Crippen LogP contribution in [0.4, 0.5) is 0 Å². The van der Waals surface area contributed by atoms with Crippen LogP contribution >= 0.6 is 0 Å². The molecule has 3 rings (SSSR count). The molecule has 1 unspecified atom stereocenters. The molecular formula is C19H23NO. The molecule has 0 aliphatic heterocycles. The Balaban J connectivity index is 1.88. The first-order valence-electron chi connectivity index (χ1n) is 7.73. The fourth-order valence-electron chi connectivity index (χ4n) is 3.11. The molecule has 2 aromatic carbocycles. The predicted molar refractivity (Wildman–Crippen MR) is 86.9 cm³/mol. The molecule has 1 aliphatic carbocycles. The number of para-hydroxylation sites is 1. The van der Waals surface area contributed by atoms with Crippen LogP contribution in [0.5, 0.6) is 5.75 Å². The number of hydrogen-bond donors (Lipinski definition) is 1. The number of benzene rings is 2. The predicted octanol–water partition coefficient (Wildman–Crippen LogP) is 4.27. The zero-order valence-electron chi connectivity index (χ0n) is 12.8. The van der Waals surface area contributed by atoms with E-state index in [-0.39, 0.29) is 6.04 Å². The summed E-state index contributed by atoms with van der Waals surface area (Å²) in [6, 6.07) is 17.5. The van der Waals surface area contributed by atoms with E-state index < -0.39 is 0 Å². The van der Waals surface area contributed by atoms with Gasteiger partial charge in [-0.05, 0) is 43.0 Å². The lowest BCUT2D eigenvalue weighted by Gasteiger charge is -2.26. The van der Waals surface area contributed by atoms with Crippen molar-refractivity contribution in [1.82, 2.24) is 5.32 Å². The van der Waals surface area contributed by atoms with Crippen molar-refractivity contribution in [2.24, 2.45) is 0 Å². The van der Waals surface area contributed by atoms with Crippen molar-refractivity contribution in [1.29, 1.82) is 0 Å². The minimum absolute atomic E-state index is 0.164. The van der Waals surface area contributed by atoms with Gasteiger partial charge in [0.1, 0.15) is 5.75 Å². The third kappa shape index (κ3) is 2.81. The van der Waals surface area contributed by atoms with Crippen molar-refractivity contribution in [3.05, 3.63) is 65.2 Å². The van der Waals surface area contributed by atoms with Gasteiger partial charge in [0.2, 0.25) is 0 Å². The SMILES string of the molecule is CNC(c1ccc(C2CCC2)cc1)c1ccccc1OC. The first-order valence-corrected chi connectivity index (χ1v) is 7.73. The number of methoxy groups -OCH3 is 1. The summed E-state index contributed by atoms with van der Waals surface area (Å²) in [6.45, 7) is 0. The van der Waals surface area contributed by atoms with Crippen LogP contribution in [0, 0.1) is 0 Å². The van der Waals surface area contributed by atoms with E-state index in [0.717, 1.165) is 11.7 Å². The van der Waals surface area contributed by atoms with E-state index in [1.165, 1.54) is 36.0 Å². The van der Waals surface area contributed by atoms with Crippen LogP contribution in [0.25, 0.3) is 0 Å². The summed E-state index contributed by atoms with van der Waals surface area (Å²) >= 11 is 0. The molecule has 0 spiro atoms. The maximum absolute atomic E-state index is 5.50. The molecule has 21 heavy (non-hydrogen) atoms. The van der Waals surface area contributed by atoms with Crippen LogP contribution in [-0.2, 0) is 0 Å². The molecule has 0 radical (unpaired) electrons. The standard InChI is InChI=1S/C19H23NO/c1-20-19(17-8-3-4-9-18(17)21-2)16-12-10-15(11-13-16)14-6-5-7-14/h3-4,8-14,19-20H,5-7H2,1-2H3. The van der Waals surface area contributed by atoms with Gasteiger partial charge in [0, 0.05) is 5.56 Å². The van der Waals surface area contributed by atoms with Crippen molar-refractivity contribution in [2.75, 3.05) is 14.2 Å². The quantitative estimate of drug-likeness (QED) is 0.883. The Hall–Kier alpha value is -1.80. The number of hydrogen-bond acceptors (Lipinski definition) is 2. The van der Waals surface area contributed by atoms with E-state index in [2.05, 4.69) is 41.7 Å². The van der Waals surface area contributed by atoms with Gasteiger partial charge in [0.15, 0.2) is 0 Å². The van der Waals surface area contributed by atoms with Crippen LogP contribution in [0.15, 0.2) is 48.5 Å². The largest absolute Gasteiger partial charge is 0.496 e. The van der Waals surface area contributed by atoms with Gasteiger partial charge in [-0.25, -0.2) is 0 Å². The van der Waals surface area contributed by atoms with Crippen molar-refractivity contribution in [3.63, 3.8) is 0 Å². The maximum atomic E-state index is 5.50. The van der Waals surface area contributed by atoms with Gasteiger partial charge < -0.3 is 10.1 Å². The van der Waals surface area contributed by atoms with E-state index in [4.69, 9.17) is 4.74 Å². The Morgan fingerprint density at radius 3 is 2.33 bits per heavy atom. The zero-order valence-corrected chi connectivity index (χ0v) is 12.8. The Bertz CT molecular complexity index is 587. The minimum atomic E-state index is 0.164. The monoisotopic (exact) mass is 281 g/mol. The van der Waals surface area contributed by atoms with E-state index in [0.29, 0.717) is 0 Å². The number of ether oxygens (including phenoxy) is 1. The second-order valence-electron chi connectivity index (χ2n) is 5.76. The summed E-state index contributed by atoms with van der Waals surface area (Å²) in [5.74, 6) is 1.72. The molecule has 0 saturated heterocycles. The van der Waals surface area contributed by atoms with E-state index in [9.17, 15) is 0 Å². The summed E-state index contributed by atoms with van der Waals surface area (Å²) in [5.41, 5.74) is 3.95. The Morgan fingerprint density at radius 2 is 1.76 bits per heavy atom. The number of rotatable bonds is 5. The molecule has 2 aromatic rings. The van der Waals surface area contributed by atoms with Gasteiger partial charge in [-0.1, -0.05) is 48.9 Å². The average molecular weight is 281 g/mol. The summed E-state index contributed by atoms with van der Waals surface area (Å²) in [4.78, 5) is 0. The average Bonchev–Trinajstić information content (AvgIpc) is 2.48. The van der Waals surface area contributed by atoms with Crippen LogP contribution in [0.1, 0.15) is 47.9 Å². The summed E-state index contributed by atoms with van der Waals surface area (Å²) in [5, 5.41) is 3.41. The lowest BCUT2D eigenvalue weighted by molar-refractivity contribution is 0.405. The zero-order chi connectivity index (χ0) is 14.7. The highest BCUT2D eigenvalue weighted by Crippen LogP contribution is 2.37. The molecule has 110 valence electrons. The van der Waals surface area contributed by atoms with Crippen molar-refractivity contribution >= 4 is 0 Å². The molecule has 2 heteroatoms. The van der Waals surface area contributed by atoms with E-state index in [1.54, 1.807) is 7.11 Å². The Labute approximate surface area is 127 Å². The van der Waals surface area contributed by atoms with Crippen LogP contribution in [-0.4, -0.2) is 14.2 Å². The van der Waals surface area contributed by atoms with Crippen LogP contribution < -0.4 is 10.1 Å². The lowest BCUT2D eigenvalue weighted by Crippen LogP contribution is -2.18. The molecule has 0 amide bonds. The minimum Gasteiger partial charge on any atom is -0.496 e. The first-order chi connectivity index (χ1) is 10.3. The highest BCUT2D eigenvalue weighted by atomic mass is 16.5. The van der Waals surface area contributed by atoms with Gasteiger partial charge in [0.05, 0.1) is 13.2 Å². The Morgan fingerprint density at radius 1 is 1.05 bits per heavy atom. The molecule has 1 fully saturated rings. The highest BCUT2D eigenvalue weighted by molar-refractivity contribution is 5.42. The molecule has 1 atom stereocenters. The van der Waals surface area contributed by atoms with Crippen molar-refractivity contribution < 1.29 is 4.74 Å². The fourth-order valence-corrected chi connectivity index (χ4v) is 3.11. The normalized spacial score (nSPS) is 16.3. The van der Waals surface area contributed by atoms with Crippen molar-refractivity contribution in [3.8, 4) is 5.75 Å². The second kappa shape index (κ2) is 6.31. The van der Waals surface area contributed by atoms with Gasteiger partial charge >= 0.3 is 0 Å².